The normalized spacial score (nSPS) is 22.1. The van der Waals surface area contributed by atoms with Gasteiger partial charge in [0.05, 0.1) is 11.8 Å². The average Bonchev–Trinajstić information content (AvgIpc) is 2.86. The van der Waals surface area contributed by atoms with Crippen LogP contribution in [0.1, 0.15) is 39.0 Å². The van der Waals surface area contributed by atoms with Crippen molar-refractivity contribution in [1.29, 1.82) is 0 Å². The molecule has 138 valence electrons. The maximum atomic E-state index is 12.4. The van der Waals surface area contributed by atoms with Gasteiger partial charge in [0.25, 0.3) is 0 Å². The predicted molar refractivity (Wildman–Crippen MR) is 96.2 cm³/mol. The molecule has 0 unspecified atom stereocenters. The van der Waals surface area contributed by atoms with Crippen LogP contribution in [0.5, 0.6) is 0 Å². The van der Waals surface area contributed by atoms with Crippen LogP contribution in [0.2, 0.25) is 0 Å². The van der Waals surface area contributed by atoms with Crippen molar-refractivity contribution in [2.75, 3.05) is 17.2 Å². The number of benzene rings is 1. The SMILES string of the molecule is CC(=O)Nc1ccc(NC(=O)CCN2C(=O)[C@@H]3CCCC[C@H]3C2=O)cc1. The lowest BCUT2D eigenvalue weighted by Gasteiger charge is -2.19. The minimum atomic E-state index is -0.257. The third-order valence-electron chi connectivity index (χ3n) is 4.98. The lowest BCUT2D eigenvalue weighted by Crippen LogP contribution is -2.34. The van der Waals surface area contributed by atoms with Crippen molar-refractivity contribution >= 4 is 35.0 Å². The molecule has 0 aromatic heterocycles. The van der Waals surface area contributed by atoms with Crippen LogP contribution in [0.4, 0.5) is 11.4 Å². The average molecular weight is 357 g/mol. The van der Waals surface area contributed by atoms with Gasteiger partial charge in [-0.2, -0.15) is 0 Å². The second-order valence-electron chi connectivity index (χ2n) is 6.88. The highest BCUT2D eigenvalue weighted by molar-refractivity contribution is 6.05. The van der Waals surface area contributed by atoms with Gasteiger partial charge in [-0.05, 0) is 37.1 Å². The second kappa shape index (κ2) is 7.68. The van der Waals surface area contributed by atoms with E-state index in [4.69, 9.17) is 0 Å². The minimum absolute atomic E-state index is 0.0738. The third kappa shape index (κ3) is 3.92. The van der Waals surface area contributed by atoms with Gasteiger partial charge in [-0.3, -0.25) is 24.1 Å². The molecular weight excluding hydrogens is 334 g/mol. The zero-order chi connectivity index (χ0) is 18.7. The fraction of sp³-hybridized carbons (Fsp3) is 0.474. The molecule has 2 fully saturated rings. The topological polar surface area (TPSA) is 95.6 Å². The van der Waals surface area contributed by atoms with E-state index in [1.54, 1.807) is 24.3 Å². The molecule has 26 heavy (non-hydrogen) atoms. The molecule has 7 nitrogen and oxygen atoms in total. The van der Waals surface area contributed by atoms with Crippen LogP contribution in [0.25, 0.3) is 0 Å². The molecule has 1 aromatic rings. The molecule has 1 aliphatic heterocycles. The zero-order valence-corrected chi connectivity index (χ0v) is 14.8. The van der Waals surface area contributed by atoms with Gasteiger partial charge in [-0.1, -0.05) is 12.8 Å². The molecule has 0 spiro atoms. The summed E-state index contributed by atoms with van der Waals surface area (Å²) in [5.41, 5.74) is 1.24. The Bertz CT molecular complexity index is 705. The van der Waals surface area contributed by atoms with Gasteiger partial charge in [-0.15, -0.1) is 0 Å². The summed E-state index contributed by atoms with van der Waals surface area (Å²) in [6.45, 7) is 1.55. The number of fused-ring (bicyclic) bond motifs is 1. The van der Waals surface area contributed by atoms with Crippen LogP contribution in [0.3, 0.4) is 0 Å². The first kappa shape index (κ1) is 18.1. The molecule has 1 heterocycles. The van der Waals surface area contributed by atoms with E-state index >= 15 is 0 Å². The number of anilines is 2. The second-order valence-corrected chi connectivity index (χ2v) is 6.88. The fourth-order valence-corrected chi connectivity index (χ4v) is 3.73. The van der Waals surface area contributed by atoms with Crippen LogP contribution in [-0.4, -0.2) is 35.1 Å². The highest BCUT2D eigenvalue weighted by atomic mass is 16.2. The van der Waals surface area contributed by atoms with Gasteiger partial charge in [-0.25, -0.2) is 0 Å². The number of amides is 4. The number of nitrogens with one attached hydrogen (secondary N) is 2. The van der Waals surface area contributed by atoms with Gasteiger partial charge in [0, 0.05) is 31.3 Å². The minimum Gasteiger partial charge on any atom is -0.326 e. The quantitative estimate of drug-likeness (QED) is 0.789. The number of rotatable bonds is 5. The highest BCUT2D eigenvalue weighted by Gasteiger charge is 2.47. The molecule has 1 saturated heterocycles. The Morgan fingerprint density at radius 3 is 1.96 bits per heavy atom. The van der Waals surface area contributed by atoms with E-state index in [0.717, 1.165) is 25.7 Å². The van der Waals surface area contributed by atoms with Crippen LogP contribution >= 0.6 is 0 Å². The summed E-state index contributed by atoms with van der Waals surface area (Å²) in [5, 5.41) is 5.39. The molecule has 4 amide bonds. The summed E-state index contributed by atoms with van der Waals surface area (Å²) in [6, 6.07) is 6.75. The molecule has 2 N–H and O–H groups in total. The molecule has 2 aliphatic rings. The van der Waals surface area contributed by atoms with Crippen molar-refractivity contribution in [1.82, 2.24) is 4.90 Å². The highest BCUT2D eigenvalue weighted by Crippen LogP contribution is 2.37. The van der Waals surface area contributed by atoms with E-state index in [-0.39, 0.29) is 48.4 Å². The van der Waals surface area contributed by atoms with Gasteiger partial charge in [0.1, 0.15) is 0 Å². The summed E-state index contributed by atoms with van der Waals surface area (Å²) in [6.07, 6.45) is 3.60. The van der Waals surface area contributed by atoms with Crippen molar-refractivity contribution in [3.05, 3.63) is 24.3 Å². The molecule has 3 rings (SSSR count). The maximum absolute atomic E-state index is 12.4. The number of hydrogen-bond acceptors (Lipinski definition) is 4. The van der Waals surface area contributed by atoms with E-state index in [2.05, 4.69) is 10.6 Å². The number of hydrogen-bond donors (Lipinski definition) is 2. The van der Waals surface area contributed by atoms with E-state index in [9.17, 15) is 19.2 Å². The number of nitrogens with zero attached hydrogens (tertiary/aromatic N) is 1. The molecular formula is C19H23N3O4. The molecule has 7 heteroatoms. The van der Waals surface area contributed by atoms with E-state index in [0.29, 0.717) is 11.4 Å². The van der Waals surface area contributed by atoms with Crippen molar-refractivity contribution in [3.8, 4) is 0 Å². The molecule has 2 atom stereocenters. The molecule has 1 aliphatic carbocycles. The van der Waals surface area contributed by atoms with Crippen LogP contribution in [-0.2, 0) is 19.2 Å². The van der Waals surface area contributed by atoms with E-state index in [1.807, 2.05) is 0 Å². The number of imide groups is 1. The first-order valence-electron chi connectivity index (χ1n) is 8.98. The van der Waals surface area contributed by atoms with Crippen LogP contribution in [0, 0.1) is 11.8 Å². The molecule has 1 aromatic carbocycles. The first-order valence-corrected chi connectivity index (χ1v) is 8.98. The Hall–Kier alpha value is -2.70. The third-order valence-corrected chi connectivity index (χ3v) is 4.98. The Morgan fingerprint density at radius 1 is 0.962 bits per heavy atom. The summed E-state index contributed by atoms with van der Waals surface area (Å²) < 4.78 is 0. The predicted octanol–water partition coefficient (Wildman–Crippen LogP) is 2.15. The maximum Gasteiger partial charge on any atom is 0.233 e. The molecule has 1 saturated carbocycles. The lowest BCUT2D eigenvalue weighted by molar-refractivity contribution is -0.140. The summed E-state index contributed by atoms with van der Waals surface area (Å²) in [7, 11) is 0. The van der Waals surface area contributed by atoms with E-state index < -0.39 is 0 Å². The summed E-state index contributed by atoms with van der Waals surface area (Å²) >= 11 is 0. The molecule has 0 bridgehead atoms. The molecule has 0 radical (unpaired) electrons. The van der Waals surface area contributed by atoms with Crippen molar-refractivity contribution < 1.29 is 19.2 Å². The number of carbonyl (C=O) groups excluding carboxylic acids is 4. The number of carbonyl (C=O) groups is 4. The Labute approximate surface area is 152 Å². The van der Waals surface area contributed by atoms with E-state index in [1.165, 1.54) is 11.8 Å². The van der Waals surface area contributed by atoms with Crippen molar-refractivity contribution in [2.24, 2.45) is 11.8 Å². The Morgan fingerprint density at radius 2 is 1.46 bits per heavy atom. The monoisotopic (exact) mass is 357 g/mol. The standard InChI is InChI=1S/C19H23N3O4/c1-12(23)20-13-6-8-14(9-7-13)21-17(24)10-11-22-18(25)15-4-2-3-5-16(15)19(22)26/h6-9,15-16H,2-5,10-11H2,1H3,(H,20,23)(H,21,24)/t15-,16-/m1/s1. The van der Waals surface area contributed by atoms with Gasteiger partial charge < -0.3 is 10.6 Å². The largest absolute Gasteiger partial charge is 0.326 e. The van der Waals surface area contributed by atoms with Gasteiger partial charge in [0.15, 0.2) is 0 Å². The van der Waals surface area contributed by atoms with Crippen LogP contribution < -0.4 is 10.6 Å². The first-order chi connectivity index (χ1) is 12.5. The summed E-state index contributed by atoms with van der Waals surface area (Å²) in [5.74, 6) is -1.02. The Balaban J connectivity index is 1.52. The van der Waals surface area contributed by atoms with Crippen molar-refractivity contribution in [2.45, 2.75) is 39.0 Å². The smallest absolute Gasteiger partial charge is 0.233 e. The van der Waals surface area contributed by atoms with Gasteiger partial charge >= 0.3 is 0 Å². The lowest BCUT2D eigenvalue weighted by atomic mass is 9.81. The Kier molecular flexibility index (Phi) is 5.35. The zero-order valence-electron chi connectivity index (χ0n) is 14.8. The summed E-state index contributed by atoms with van der Waals surface area (Å²) in [4.78, 5) is 49.2. The van der Waals surface area contributed by atoms with Crippen LogP contribution in [0.15, 0.2) is 24.3 Å². The number of likely N-dealkylation sites (tertiary alicyclic amines) is 1. The van der Waals surface area contributed by atoms with Gasteiger partial charge in [0.2, 0.25) is 23.6 Å². The van der Waals surface area contributed by atoms with Crippen molar-refractivity contribution in [3.63, 3.8) is 0 Å². The fourth-order valence-electron chi connectivity index (χ4n) is 3.73.